The molecule has 1 saturated heterocycles. The summed E-state index contributed by atoms with van der Waals surface area (Å²) in [5.41, 5.74) is 0. The molecular formula is C14H23N3OS. The topological polar surface area (TPSA) is 51.0 Å². The molecule has 0 amide bonds. The fourth-order valence-electron chi connectivity index (χ4n) is 3.32. The van der Waals surface area contributed by atoms with E-state index in [0.29, 0.717) is 17.2 Å². The summed E-state index contributed by atoms with van der Waals surface area (Å²) in [6.07, 6.45) is 8.66. The molecule has 2 aliphatic rings. The third-order valence-electron chi connectivity index (χ3n) is 4.42. The molecule has 4 nitrogen and oxygen atoms in total. The number of aromatic nitrogens is 2. The molecule has 2 fully saturated rings. The van der Waals surface area contributed by atoms with Gasteiger partial charge in [-0.3, -0.25) is 0 Å². The lowest BCUT2D eigenvalue weighted by molar-refractivity contribution is 0.248. The number of rotatable bonds is 4. The summed E-state index contributed by atoms with van der Waals surface area (Å²) in [5, 5.41) is 8.11. The molecule has 1 aromatic heterocycles. The van der Waals surface area contributed by atoms with Crippen molar-refractivity contribution in [3.05, 3.63) is 11.7 Å². The van der Waals surface area contributed by atoms with Gasteiger partial charge in [0.15, 0.2) is 5.82 Å². The van der Waals surface area contributed by atoms with Crippen LogP contribution in [-0.2, 0) is 6.42 Å². The standard InChI is InChI=1S/C14H23N3OS/c1-15-11-6-3-2-5-10(11)9-13-16-14(17-18-13)12-7-4-8-19-12/h10-12,15H,2-9H2,1H3. The van der Waals surface area contributed by atoms with Gasteiger partial charge < -0.3 is 9.84 Å². The lowest BCUT2D eigenvalue weighted by atomic mass is 9.82. The first-order valence-electron chi connectivity index (χ1n) is 7.48. The minimum Gasteiger partial charge on any atom is -0.339 e. The Morgan fingerprint density at radius 2 is 2.16 bits per heavy atom. The fraction of sp³-hybridized carbons (Fsp3) is 0.857. The molecule has 1 aromatic rings. The number of thioether (sulfide) groups is 1. The summed E-state index contributed by atoms with van der Waals surface area (Å²) >= 11 is 1.96. The maximum Gasteiger partial charge on any atom is 0.227 e. The molecule has 2 heterocycles. The van der Waals surface area contributed by atoms with Crippen LogP contribution in [0.1, 0.15) is 55.5 Å². The summed E-state index contributed by atoms with van der Waals surface area (Å²) < 4.78 is 5.47. The molecule has 0 spiro atoms. The maximum absolute atomic E-state index is 5.47. The number of hydrogen-bond donors (Lipinski definition) is 1. The second kappa shape index (κ2) is 6.27. The van der Waals surface area contributed by atoms with Crippen LogP contribution in [-0.4, -0.2) is 29.0 Å². The van der Waals surface area contributed by atoms with Crippen molar-refractivity contribution >= 4 is 11.8 Å². The van der Waals surface area contributed by atoms with E-state index in [1.54, 1.807) is 0 Å². The molecular weight excluding hydrogens is 258 g/mol. The average molecular weight is 281 g/mol. The molecule has 106 valence electrons. The minimum absolute atomic E-state index is 0.476. The highest BCUT2D eigenvalue weighted by atomic mass is 32.2. The largest absolute Gasteiger partial charge is 0.339 e. The van der Waals surface area contributed by atoms with Gasteiger partial charge in [0.1, 0.15) is 0 Å². The van der Waals surface area contributed by atoms with Crippen molar-refractivity contribution in [2.24, 2.45) is 5.92 Å². The normalized spacial score (nSPS) is 31.7. The highest BCUT2D eigenvalue weighted by Crippen LogP contribution is 2.38. The Balaban J connectivity index is 1.62. The highest BCUT2D eigenvalue weighted by molar-refractivity contribution is 7.99. The quantitative estimate of drug-likeness (QED) is 0.919. The molecule has 1 aliphatic heterocycles. The minimum atomic E-state index is 0.476. The van der Waals surface area contributed by atoms with Crippen LogP contribution in [0, 0.1) is 5.92 Å². The third-order valence-corrected chi connectivity index (χ3v) is 5.79. The molecule has 0 bridgehead atoms. The number of hydrogen-bond acceptors (Lipinski definition) is 5. The Labute approximate surface area is 119 Å². The van der Waals surface area contributed by atoms with Gasteiger partial charge in [0.2, 0.25) is 5.89 Å². The molecule has 3 unspecified atom stereocenters. The van der Waals surface area contributed by atoms with Crippen LogP contribution in [0.3, 0.4) is 0 Å². The Morgan fingerprint density at radius 1 is 1.26 bits per heavy atom. The molecule has 1 N–H and O–H groups in total. The van der Waals surface area contributed by atoms with Gasteiger partial charge in [0, 0.05) is 12.5 Å². The van der Waals surface area contributed by atoms with E-state index in [0.717, 1.165) is 18.1 Å². The molecule has 5 heteroatoms. The average Bonchev–Trinajstić information content (AvgIpc) is 3.09. The van der Waals surface area contributed by atoms with Gasteiger partial charge in [-0.05, 0) is 44.4 Å². The predicted molar refractivity (Wildman–Crippen MR) is 77.2 cm³/mol. The van der Waals surface area contributed by atoms with Crippen molar-refractivity contribution < 1.29 is 4.52 Å². The summed E-state index contributed by atoms with van der Waals surface area (Å²) in [6.45, 7) is 0. The molecule has 0 aromatic carbocycles. The fourth-order valence-corrected chi connectivity index (χ4v) is 4.52. The Hall–Kier alpha value is -0.550. The van der Waals surface area contributed by atoms with E-state index in [1.165, 1.54) is 44.3 Å². The van der Waals surface area contributed by atoms with Crippen LogP contribution >= 0.6 is 11.8 Å². The lowest BCUT2D eigenvalue weighted by Gasteiger charge is -2.30. The summed E-state index contributed by atoms with van der Waals surface area (Å²) in [5.74, 6) is 3.66. The SMILES string of the molecule is CNC1CCCCC1Cc1nc(C2CCCS2)no1. The van der Waals surface area contributed by atoms with E-state index >= 15 is 0 Å². The zero-order valence-electron chi connectivity index (χ0n) is 11.6. The van der Waals surface area contributed by atoms with Crippen LogP contribution < -0.4 is 5.32 Å². The number of nitrogens with one attached hydrogen (secondary N) is 1. The molecule has 3 atom stereocenters. The van der Waals surface area contributed by atoms with Crippen molar-refractivity contribution in [3.8, 4) is 0 Å². The Morgan fingerprint density at radius 3 is 2.95 bits per heavy atom. The lowest BCUT2D eigenvalue weighted by Crippen LogP contribution is -2.37. The van der Waals surface area contributed by atoms with Gasteiger partial charge in [-0.25, -0.2) is 0 Å². The zero-order chi connectivity index (χ0) is 13.1. The van der Waals surface area contributed by atoms with Crippen molar-refractivity contribution in [1.29, 1.82) is 0 Å². The van der Waals surface area contributed by atoms with E-state index in [2.05, 4.69) is 22.5 Å². The number of nitrogens with zero attached hydrogens (tertiary/aromatic N) is 2. The molecule has 19 heavy (non-hydrogen) atoms. The molecule has 1 saturated carbocycles. The first kappa shape index (κ1) is 13.4. The molecule has 3 rings (SSSR count). The summed E-state index contributed by atoms with van der Waals surface area (Å²) in [6, 6.07) is 0.616. The van der Waals surface area contributed by atoms with E-state index < -0.39 is 0 Å². The maximum atomic E-state index is 5.47. The van der Waals surface area contributed by atoms with Crippen molar-refractivity contribution in [2.45, 2.75) is 56.2 Å². The monoisotopic (exact) mass is 281 g/mol. The first-order valence-corrected chi connectivity index (χ1v) is 8.53. The van der Waals surface area contributed by atoms with Crippen LogP contribution in [0.5, 0.6) is 0 Å². The first-order chi connectivity index (χ1) is 9.36. The van der Waals surface area contributed by atoms with Crippen molar-refractivity contribution in [1.82, 2.24) is 15.5 Å². The van der Waals surface area contributed by atoms with Gasteiger partial charge in [0.05, 0.1) is 5.25 Å². The highest BCUT2D eigenvalue weighted by Gasteiger charge is 2.27. The summed E-state index contributed by atoms with van der Waals surface area (Å²) in [4.78, 5) is 4.63. The van der Waals surface area contributed by atoms with Crippen LogP contribution in [0.15, 0.2) is 4.52 Å². The van der Waals surface area contributed by atoms with Gasteiger partial charge in [-0.15, -0.1) is 0 Å². The molecule has 0 radical (unpaired) electrons. The van der Waals surface area contributed by atoms with Crippen LogP contribution in [0.4, 0.5) is 0 Å². The third kappa shape index (κ3) is 3.14. The smallest absolute Gasteiger partial charge is 0.227 e. The zero-order valence-corrected chi connectivity index (χ0v) is 12.4. The van der Waals surface area contributed by atoms with E-state index in [-0.39, 0.29) is 0 Å². The van der Waals surface area contributed by atoms with Gasteiger partial charge in [-0.1, -0.05) is 18.0 Å². The predicted octanol–water partition coefficient (Wildman–Crippen LogP) is 2.96. The van der Waals surface area contributed by atoms with E-state index in [4.69, 9.17) is 4.52 Å². The molecule has 1 aliphatic carbocycles. The van der Waals surface area contributed by atoms with Crippen LogP contribution in [0.25, 0.3) is 0 Å². The van der Waals surface area contributed by atoms with Crippen molar-refractivity contribution in [3.63, 3.8) is 0 Å². The van der Waals surface area contributed by atoms with Gasteiger partial charge in [0.25, 0.3) is 0 Å². The van der Waals surface area contributed by atoms with Gasteiger partial charge >= 0.3 is 0 Å². The second-order valence-electron chi connectivity index (χ2n) is 5.69. The van der Waals surface area contributed by atoms with Crippen LogP contribution in [0.2, 0.25) is 0 Å². The van der Waals surface area contributed by atoms with E-state index in [9.17, 15) is 0 Å². The Kier molecular flexibility index (Phi) is 4.43. The second-order valence-corrected chi connectivity index (χ2v) is 7.00. The van der Waals surface area contributed by atoms with Gasteiger partial charge in [-0.2, -0.15) is 16.7 Å². The van der Waals surface area contributed by atoms with E-state index in [1.807, 2.05) is 11.8 Å². The Bertz CT molecular complexity index is 403. The summed E-state index contributed by atoms with van der Waals surface area (Å²) in [7, 11) is 2.07. The van der Waals surface area contributed by atoms with Crippen molar-refractivity contribution in [2.75, 3.05) is 12.8 Å².